The molecule has 2 aromatic carbocycles. The highest BCUT2D eigenvalue weighted by Gasteiger charge is 2.14. The topological polar surface area (TPSA) is 83.5 Å². The average Bonchev–Trinajstić information content (AvgIpc) is 3.35. The Hall–Kier alpha value is -2.58. The number of phenolic OH excluding ortho intramolecular Hbond substituents is 1. The van der Waals surface area contributed by atoms with Crippen LogP contribution in [0.25, 0.3) is 11.3 Å². The molecule has 0 atom stereocenters. The first-order valence-corrected chi connectivity index (χ1v) is 9.99. The van der Waals surface area contributed by atoms with Crippen LogP contribution in [0.4, 0.5) is 5.13 Å². The van der Waals surface area contributed by atoms with Crippen molar-refractivity contribution in [2.45, 2.75) is 13.0 Å². The minimum Gasteiger partial charge on any atom is -0.507 e. The molecule has 2 heterocycles. The zero-order valence-corrected chi connectivity index (χ0v) is 16.6. The number of carbonyl (C=O) groups excluding carboxylic acids is 1. The van der Waals surface area contributed by atoms with Gasteiger partial charge < -0.3 is 15.2 Å². The van der Waals surface area contributed by atoms with E-state index in [1.165, 1.54) is 28.5 Å². The van der Waals surface area contributed by atoms with Crippen LogP contribution in [0.1, 0.15) is 21.5 Å². The van der Waals surface area contributed by atoms with E-state index in [1.807, 2.05) is 11.4 Å². The number of carbonyl (C=O) groups is 1. The van der Waals surface area contributed by atoms with E-state index in [1.54, 1.807) is 12.1 Å². The molecule has 0 fully saturated rings. The van der Waals surface area contributed by atoms with E-state index >= 15 is 0 Å². The van der Waals surface area contributed by atoms with Crippen molar-refractivity contribution in [1.82, 2.24) is 9.33 Å². The zero-order chi connectivity index (χ0) is 18.8. The van der Waals surface area contributed by atoms with Crippen molar-refractivity contribution in [1.29, 1.82) is 0 Å². The predicted octanol–water partition coefficient (Wildman–Crippen LogP) is 4.10. The number of aromatic nitrogens is 1. The van der Waals surface area contributed by atoms with Crippen molar-refractivity contribution >= 4 is 38.5 Å². The first-order chi connectivity index (χ1) is 13.1. The number of hydrogen-bond acceptors (Lipinski definition) is 6. The largest absolute Gasteiger partial charge is 0.507 e. The highest BCUT2D eigenvalue weighted by molar-refractivity contribution is 9.08. The summed E-state index contributed by atoms with van der Waals surface area (Å²) in [6.07, 6.45) is 0.954. The number of hydrogen-bond donors (Lipinski definition) is 3. The molecule has 0 saturated heterocycles. The quantitative estimate of drug-likeness (QED) is 0.514. The molecule has 6 nitrogen and oxygen atoms in total. The third-order valence-electron chi connectivity index (χ3n) is 4.32. The van der Waals surface area contributed by atoms with Gasteiger partial charge in [-0.2, -0.15) is 0 Å². The monoisotopic (exact) mass is 445 g/mol. The smallest absolute Gasteiger partial charge is 0.264 e. The Morgan fingerprint density at radius 3 is 3.04 bits per heavy atom. The van der Waals surface area contributed by atoms with Crippen LogP contribution in [0.5, 0.6) is 11.5 Å². The molecule has 0 aliphatic carbocycles. The summed E-state index contributed by atoms with van der Waals surface area (Å²) in [7, 11) is 0. The van der Waals surface area contributed by atoms with E-state index in [0.29, 0.717) is 6.54 Å². The highest BCUT2D eigenvalue weighted by Crippen LogP contribution is 2.30. The third kappa shape index (κ3) is 3.77. The third-order valence-corrected chi connectivity index (χ3v) is 5.48. The Labute approximate surface area is 168 Å². The molecular weight excluding hydrogens is 430 g/mol. The first-order valence-electron chi connectivity index (χ1n) is 8.32. The van der Waals surface area contributed by atoms with Crippen LogP contribution in [-0.2, 0) is 13.0 Å². The van der Waals surface area contributed by atoms with Crippen LogP contribution >= 0.6 is 27.5 Å². The van der Waals surface area contributed by atoms with Gasteiger partial charge in [0.1, 0.15) is 11.5 Å². The second kappa shape index (κ2) is 7.58. The molecule has 0 bridgehead atoms. The summed E-state index contributed by atoms with van der Waals surface area (Å²) in [5.41, 5.74) is 4.12. The van der Waals surface area contributed by atoms with Gasteiger partial charge in [-0.3, -0.25) is 9.14 Å². The van der Waals surface area contributed by atoms with Crippen molar-refractivity contribution in [2.75, 3.05) is 11.9 Å². The minimum atomic E-state index is -0.413. The van der Waals surface area contributed by atoms with Crippen LogP contribution in [0.15, 0.2) is 41.8 Å². The minimum absolute atomic E-state index is 0.0788. The summed E-state index contributed by atoms with van der Waals surface area (Å²) in [5.74, 6) is 0.485. The van der Waals surface area contributed by atoms with Gasteiger partial charge in [0.15, 0.2) is 5.13 Å². The Kier molecular flexibility index (Phi) is 5.00. The van der Waals surface area contributed by atoms with Gasteiger partial charge in [-0.05, 0) is 35.4 Å². The summed E-state index contributed by atoms with van der Waals surface area (Å²) in [6, 6.07) is 11.1. The molecule has 1 aromatic heterocycles. The van der Waals surface area contributed by atoms with Gasteiger partial charge in [0.2, 0.25) is 0 Å². The lowest BCUT2D eigenvalue weighted by Gasteiger charge is -2.06. The number of anilines is 1. The number of nitrogens with one attached hydrogen (secondary N) is 2. The van der Waals surface area contributed by atoms with E-state index in [2.05, 4.69) is 42.9 Å². The molecule has 27 heavy (non-hydrogen) atoms. The van der Waals surface area contributed by atoms with Crippen LogP contribution in [0.2, 0.25) is 0 Å². The maximum Gasteiger partial charge on any atom is 0.264 e. The van der Waals surface area contributed by atoms with Gasteiger partial charge >= 0.3 is 0 Å². The lowest BCUT2D eigenvalue weighted by atomic mass is 10.1. The molecule has 0 radical (unpaired) electrons. The van der Waals surface area contributed by atoms with E-state index in [4.69, 9.17) is 4.74 Å². The fraction of sp³-hybridized carbons (Fsp3) is 0.158. The molecule has 3 N–H and O–H groups in total. The fourth-order valence-corrected chi connectivity index (χ4v) is 3.88. The lowest BCUT2D eigenvalue weighted by molar-refractivity contribution is 0.0984. The van der Waals surface area contributed by atoms with Crippen molar-refractivity contribution < 1.29 is 14.6 Å². The number of amides is 1. The number of nitrogens with zero attached hydrogens (tertiary/aromatic N) is 1. The Balaban J connectivity index is 1.48. The number of benzene rings is 2. The molecule has 1 amide bonds. The maximum atomic E-state index is 11.8. The summed E-state index contributed by atoms with van der Waals surface area (Å²) in [6.45, 7) is 1.43. The molecule has 3 aromatic rings. The number of ether oxygens (including phenoxy) is 1. The second-order valence-corrected chi connectivity index (χ2v) is 7.34. The molecular formula is C19H16BrN3O3S. The Morgan fingerprint density at radius 2 is 2.19 bits per heavy atom. The van der Waals surface area contributed by atoms with Crippen molar-refractivity contribution in [3.63, 3.8) is 0 Å². The van der Waals surface area contributed by atoms with Crippen molar-refractivity contribution in [3.05, 3.63) is 58.5 Å². The molecule has 1 aliphatic heterocycles. The molecule has 0 spiro atoms. The van der Waals surface area contributed by atoms with Gasteiger partial charge in [-0.25, -0.2) is 4.98 Å². The zero-order valence-electron chi connectivity index (χ0n) is 14.2. The standard InChI is InChI=1S/C19H16BrN3O3S/c20-23-18(25)14-8-12(2-3-16(14)24)15-10-27-19(22-15)21-9-11-1-4-17-13(7-11)5-6-26-17/h1-4,7-8,10,24H,5-6,9H2,(H,21,22)(H,23,25). The number of rotatable bonds is 5. The molecule has 0 saturated carbocycles. The number of thiazole rings is 1. The molecule has 4 rings (SSSR count). The fourth-order valence-electron chi connectivity index (χ4n) is 2.94. The Bertz CT molecular complexity index is 1010. The summed E-state index contributed by atoms with van der Waals surface area (Å²) < 4.78 is 7.87. The Morgan fingerprint density at radius 1 is 1.30 bits per heavy atom. The number of halogens is 1. The van der Waals surface area contributed by atoms with Gasteiger partial charge in [-0.1, -0.05) is 12.1 Å². The van der Waals surface area contributed by atoms with Gasteiger partial charge in [0, 0.05) is 40.1 Å². The maximum absolute atomic E-state index is 11.8. The van der Waals surface area contributed by atoms with E-state index in [0.717, 1.165) is 35.2 Å². The van der Waals surface area contributed by atoms with Crippen LogP contribution in [-0.4, -0.2) is 22.6 Å². The van der Waals surface area contributed by atoms with Crippen LogP contribution < -0.4 is 14.4 Å². The van der Waals surface area contributed by atoms with E-state index in [-0.39, 0.29) is 11.3 Å². The second-order valence-electron chi connectivity index (χ2n) is 6.09. The highest BCUT2D eigenvalue weighted by atomic mass is 79.9. The normalized spacial score (nSPS) is 12.3. The summed E-state index contributed by atoms with van der Waals surface area (Å²) in [5, 5.41) is 15.9. The van der Waals surface area contributed by atoms with Crippen molar-refractivity contribution in [3.8, 4) is 22.8 Å². The molecule has 1 aliphatic rings. The van der Waals surface area contributed by atoms with Crippen LogP contribution in [0, 0.1) is 0 Å². The number of phenols is 1. The van der Waals surface area contributed by atoms with Gasteiger partial charge in [-0.15, -0.1) is 11.3 Å². The van der Waals surface area contributed by atoms with Crippen LogP contribution in [0.3, 0.4) is 0 Å². The van der Waals surface area contributed by atoms with E-state index < -0.39 is 5.91 Å². The number of fused-ring (bicyclic) bond motifs is 1. The van der Waals surface area contributed by atoms with Gasteiger partial charge in [0.05, 0.1) is 17.9 Å². The summed E-state index contributed by atoms with van der Waals surface area (Å²) >= 11 is 4.38. The van der Waals surface area contributed by atoms with E-state index in [9.17, 15) is 9.90 Å². The molecule has 0 unspecified atom stereocenters. The summed E-state index contributed by atoms with van der Waals surface area (Å²) in [4.78, 5) is 16.4. The first kappa shape index (κ1) is 17.8. The lowest BCUT2D eigenvalue weighted by Crippen LogP contribution is -2.12. The predicted molar refractivity (Wildman–Crippen MR) is 109 cm³/mol. The average molecular weight is 446 g/mol. The SMILES string of the molecule is O=C(NBr)c1cc(-c2csc(NCc3ccc4c(c3)CCO4)n2)ccc1O. The van der Waals surface area contributed by atoms with Crippen molar-refractivity contribution in [2.24, 2.45) is 0 Å². The molecule has 138 valence electrons. The number of aromatic hydroxyl groups is 1. The van der Waals surface area contributed by atoms with Gasteiger partial charge in [0.25, 0.3) is 5.91 Å². The molecule has 8 heteroatoms.